The van der Waals surface area contributed by atoms with E-state index in [0.717, 1.165) is 38.2 Å². The van der Waals surface area contributed by atoms with Gasteiger partial charge in [-0.25, -0.2) is 0 Å². The van der Waals surface area contributed by atoms with Gasteiger partial charge < -0.3 is 10.1 Å². The van der Waals surface area contributed by atoms with Crippen molar-refractivity contribution in [2.24, 2.45) is 0 Å². The molecule has 3 heteroatoms. The molecule has 2 rings (SSSR count). The molecule has 0 saturated carbocycles. The summed E-state index contributed by atoms with van der Waals surface area (Å²) in [5, 5.41) is 3.76. The Kier molecular flexibility index (Phi) is 4.95. The highest BCUT2D eigenvalue weighted by Crippen LogP contribution is 2.30. The van der Waals surface area contributed by atoms with Gasteiger partial charge in [0.1, 0.15) is 5.75 Å². The van der Waals surface area contributed by atoms with Crippen LogP contribution in [0.4, 0.5) is 0 Å². The van der Waals surface area contributed by atoms with Gasteiger partial charge in [-0.2, -0.15) is 0 Å². The van der Waals surface area contributed by atoms with E-state index >= 15 is 0 Å². The Hall–Kier alpha value is -1.06. The van der Waals surface area contributed by atoms with Gasteiger partial charge in [0, 0.05) is 30.7 Å². The van der Waals surface area contributed by atoms with E-state index in [4.69, 9.17) is 4.74 Å². The zero-order chi connectivity index (χ0) is 15.5. The molecule has 0 aliphatic carbocycles. The van der Waals surface area contributed by atoms with Crippen molar-refractivity contribution in [2.75, 3.05) is 20.2 Å². The fourth-order valence-corrected chi connectivity index (χ4v) is 3.01. The molecule has 0 amide bonds. The van der Waals surface area contributed by atoms with Gasteiger partial charge in [-0.05, 0) is 44.4 Å². The predicted molar refractivity (Wildman–Crippen MR) is 88.8 cm³/mol. The molecule has 0 aromatic heterocycles. The van der Waals surface area contributed by atoms with Crippen molar-refractivity contribution in [3.8, 4) is 5.75 Å². The first-order valence-electron chi connectivity index (χ1n) is 8.08. The predicted octanol–water partition coefficient (Wildman–Crippen LogP) is 3.44. The molecular weight excluding hydrogens is 260 g/mol. The highest BCUT2D eigenvalue weighted by molar-refractivity contribution is 5.28. The van der Waals surface area contributed by atoms with Crippen molar-refractivity contribution >= 4 is 0 Å². The lowest BCUT2D eigenvalue weighted by molar-refractivity contribution is 0.0104. The molecule has 3 nitrogen and oxygen atoms in total. The number of methoxy groups -OCH3 is 1. The second-order valence-electron chi connectivity index (χ2n) is 6.83. The number of hydrogen-bond acceptors (Lipinski definition) is 3. The van der Waals surface area contributed by atoms with Crippen LogP contribution in [0.15, 0.2) is 24.3 Å². The second-order valence-corrected chi connectivity index (χ2v) is 6.83. The second kappa shape index (κ2) is 6.37. The number of hydrogen-bond donors (Lipinski definition) is 1. The van der Waals surface area contributed by atoms with Gasteiger partial charge in [-0.1, -0.05) is 26.0 Å². The number of piperazine rings is 1. The molecule has 118 valence electrons. The Morgan fingerprint density at radius 1 is 1.24 bits per heavy atom. The molecule has 2 atom stereocenters. The fraction of sp³-hybridized carbons (Fsp3) is 0.667. The minimum absolute atomic E-state index is 0.216. The van der Waals surface area contributed by atoms with E-state index in [0.29, 0.717) is 0 Å². The molecule has 1 N–H and O–H groups in total. The number of nitrogens with one attached hydrogen (secondary N) is 1. The van der Waals surface area contributed by atoms with Crippen LogP contribution in [-0.4, -0.2) is 36.2 Å². The third-order valence-corrected chi connectivity index (χ3v) is 5.25. The summed E-state index contributed by atoms with van der Waals surface area (Å²) in [6.45, 7) is 12.4. The van der Waals surface area contributed by atoms with E-state index in [2.05, 4.69) is 56.1 Å². The van der Waals surface area contributed by atoms with Gasteiger partial charge in [-0.3, -0.25) is 4.90 Å². The quantitative estimate of drug-likeness (QED) is 0.899. The average molecular weight is 290 g/mol. The average Bonchev–Trinajstić information content (AvgIpc) is 2.51. The van der Waals surface area contributed by atoms with Crippen molar-refractivity contribution in [1.29, 1.82) is 0 Å². The topological polar surface area (TPSA) is 24.5 Å². The normalized spacial score (nSPS) is 30.3. The van der Waals surface area contributed by atoms with Gasteiger partial charge in [0.15, 0.2) is 0 Å². The van der Waals surface area contributed by atoms with Gasteiger partial charge in [0.05, 0.1) is 7.11 Å². The van der Waals surface area contributed by atoms with Gasteiger partial charge >= 0.3 is 0 Å². The van der Waals surface area contributed by atoms with Gasteiger partial charge in [0.2, 0.25) is 0 Å². The maximum atomic E-state index is 5.35. The van der Waals surface area contributed by atoms with E-state index in [1.54, 1.807) is 7.11 Å². The Bertz CT molecular complexity index is 476. The lowest BCUT2D eigenvalue weighted by Gasteiger charge is -2.52. The number of nitrogens with zero attached hydrogens (tertiary/aromatic N) is 1. The zero-order valence-electron chi connectivity index (χ0n) is 14.2. The fourth-order valence-electron chi connectivity index (χ4n) is 3.01. The largest absolute Gasteiger partial charge is 0.497 e. The van der Waals surface area contributed by atoms with Crippen LogP contribution >= 0.6 is 0 Å². The highest BCUT2D eigenvalue weighted by Gasteiger charge is 2.40. The molecule has 2 unspecified atom stereocenters. The van der Waals surface area contributed by atoms with Crippen LogP contribution in [0.3, 0.4) is 0 Å². The van der Waals surface area contributed by atoms with Crippen molar-refractivity contribution < 1.29 is 4.74 Å². The Balaban J connectivity index is 2.20. The van der Waals surface area contributed by atoms with Crippen molar-refractivity contribution in [1.82, 2.24) is 10.2 Å². The molecule has 1 heterocycles. The van der Waals surface area contributed by atoms with Crippen LogP contribution in [0.25, 0.3) is 0 Å². The minimum Gasteiger partial charge on any atom is -0.497 e. The summed E-state index contributed by atoms with van der Waals surface area (Å²) < 4.78 is 5.35. The van der Waals surface area contributed by atoms with E-state index in [1.807, 2.05) is 6.07 Å². The summed E-state index contributed by atoms with van der Waals surface area (Å²) in [5.41, 5.74) is 1.76. The van der Waals surface area contributed by atoms with Crippen LogP contribution in [0, 0.1) is 0 Å². The number of ether oxygens (including phenoxy) is 1. The maximum Gasteiger partial charge on any atom is 0.119 e. The summed E-state index contributed by atoms with van der Waals surface area (Å²) in [6.07, 6.45) is 2.31. The Labute approximate surface area is 129 Å². The standard InChI is InChI=1S/C18H30N2O/c1-6-17(3)14-20(18(4,7-2)13-19-17)12-15-9-8-10-16(11-15)21-5/h8-11,19H,6-7,12-14H2,1-5H3. The van der Waals surface area contributed by atoms with Crippen molar-refractivity contribution in [3.05, 3.63) is 29.8 Å². The Morgan fingerprint density at radius 3 is 2.62 bits per heavy atom. The SMILES string of the molecule is CCC1(C)CN(Cc2cccc(OC)c2)C(C)(CC)CN1. The van der Waals surface area contributed by atoms with Crippen LogP contribution in [0.5, 0.6) is 5.75 Å². The monoisotopic (exact) mass is 290 g/mol. The van der Waals surface area contributed by atoms with Crippen molar-refractivity contribution in [2.45, 2.75) is 58.2 Å². The molecule has 0 bridgehead atoms. The van der Waals surface area contributed by atoms with Crippen LogP contribution < -0.4 is 10.1 Å². The lowest BCUT2D eigenvalue weighted by atomic mass is 9.85. The zero-order valence-corrected chi connectivity index (χ0v) is 14.2. The molecule has 1 aromatic rings. The third-order valence-electron chi connectivity index (χ3n) is 5.25. The molecule has 1 aromatic carbocycles. The summed E-state index contributed by atoms with van der Waals surface area (Å²) in [7, 11) is 1.73. The summed E-state index contributed by atoms with van der Waals surface area (Å²) in [5.74, 6) is 0.944. The highest BCUT2D eigenvalue weighted by atomic mass is 16.5. The molecule has 0 spiro atoms. The van der Waals surface area contributed by atoms with Crippen LogP contribution in [0.1, 0.15) is 46.1 Å². The molecular formula is C18H30N2O. The minimum atomic E-state index is 0.216. The number of rotatable bonds is 5. The summed E-state index contributed by atoms with van der Waals surface area (Å²) >= 11 is 0. The first-order valence-corrected chi connectivity index (χ1v) is 8.08. The molecule has 0 radical (unpaired) electrons. The smallest absolute Gasteiger partial charge is 0.119 e. The molecule has 1 saturated heterocycles. The molecule has 21 heavy (non-hydrogen) atoms. The summed E-state index contributed by atoms with van der Waals surface area (Å²) in [6, 6.07) is 8.44. The molecule has 1 fully saturated rings. The van der Waals surface area contributed by atoms with Gasteiger partial charge in [0.25, 0.3) is 0 Å². The van der Waals surface area contributed by atoms with Crippen LogP contribution in [0.2, 0.25) is 0 Å². The van der Waals surface area contributed by atoms with E-state index in [1.165, 1.54) is 5.56 Å². The van der Waals surface area contributed by atoms with E-state index in [9.17, 15) is 0 Å². The molecule has 1 aliphatic heterocycles. The maximum absolute atomic E-state index is 5.35. The molecule has 1 aliphatic rings. The Morgan fingerprint density at radius 2 is 2.00 bits per heavy atom. The third kappa shape index (κ3) is 3.58. The van der Waals surface area contributed by atoms with Gasteiger partial charge in [-0.15, -0.1) is 0 Å². The van der Waals surface area contributed by atoms with E-state index < -0.39 is 0 Å². The summed E-state index contributed by atoms with van der Waals surface area (Å²) in [4.78, 5) is 2.64. The first-order chi connectivity index (χ1) is 9.94. The number of benzene rings is 1. The van der Waals surface area contributed by atoms with Crippen molar-refractivity contribution in [3.63, 3.8) is 0 Å². The van der Waals surface area contributed by atoms with Crippen LogP contribution in [-0.2, 0) is 6.54 Å². The lowest BCUT2D eigenvalue weighted by Crippen LogP contribution is -2.67. The van der Waals surface area contributed by atoms with E-state index in [-0.39, 0.29) is 11.1 Å². The first kappa shape index (κ1) is 16.3.